The molecule has 0 atom stereocenters. The van der Waals surface area contributed by atoms with Crippen molar-refractivity contribution in [2.75, 3.05) is 57.6 Å². The van der Waals surface area contributed by atoms with E-state index in [-0.39, 0.29) is 24.2 Å². The van der Waals surface area contributed by atoms with Crippen LogP contribution in [0.2, 0.25) is 0 Å². The highest BCUT2D eigenvalue weighted by Gasteiger charge is 2.31. The predicted molar refractivity (Wildman–Crippen MR) is 174 cm³/mol. The maximum absolute atomic E-state index is 13.7. The number of aromatic nitrogens is 2. The summed E-state index contributed by atoms with van der Waals surface area (Å²) in [7, 11) is 5.27. The van der Waals surface area contributed by atoms with Crippen molar-refractivity contribution in [1.82, 2.24) is 19.8 Å². The van der Waals surface area contributed by atoms with Gasteiger partial charge in [0.1, 0.15) is 17.4 Å². The Morgan fingerprint density at radius 1 is 0.938 bits per heavy atom. The summed E-state index contributed by atoms with van der Waals surface area (Å²) in [4.78, 5) is 40.6. The summed E-state index contributed by atoms with van der Waals surface area (Å²) in [5, 5.41) is 3.17. The SMILES string of the molecule is COC(=O)c1cc(Nc2nccc(N(C)c3ccc(CC(=O)Cc4cc(F)cc(C(F)(F)F)c4)cc3)n2)ccc1CN1CCN(C)CC1. The maximum Gasteiger partial charge on any atom is 0.416 e. The number of ketones is 1. The molecule has 9 nitrogen and oxygen atoms in total. The van der Waals surface area contributed by atoms with Gasteiger partial charge in [-0.25, -0.2) is 14.2 Å². The van der Waals surface area contributed by atoms with Gasteiger partial charge < -0.3 is 19.9 Å². The molecule has 0 unspecified atom stereocenters. The molecule has 1 N–H and O–H groups in total. The molecule has 1 aliphatic rings. The van der Waals surface area contributed by atoms with Crippen molar-refractivity contribution < 1.29 is 31.9 Å². The number of piperazine rings is 1. The van der Waals surface area contributed by atoms with Crippen LogP contribution < -0.4 is 10.2 Å². The fourth-order valence-electron chi connectivity index (χ4n) is 5.47. The number of hydrogen-bond donors (Lipinski definition) is 1. The molecule has 4 aromatic rings. The van der Waals surface area contributed by atoms with Crippen LogP contribution >= 0.6 is 0 Å². The number of likely N-dealkylation sites (N-methyl/N-ethyl adjacent to an activating group) is 1. The van der Waals surface area contributed by atoms with E-state index in [1.807, 2.05) is 24.1 Å². The van der Waals surface area contributed by atoms with Gasteiger partial charge in [0.05, 0.1) is 18.2 Å². The number of carbonyl (C=O) groups excluding carboxylic acids is 2. The lowest BCUT2D eigenvalue weighted by molar-refractivity contribution is -0.138. The highest BCUT2D eigenvalue weighted by molar-refractivity contribution is 5.92. The van der Waals surface area contributed by atoms with Gasteiger partial charge in [-0.15, -0.1) is 0 Å². The van der Waals surface area contributed by atoms with E-state index in [0.717, 1.165) is 49.6 Å². The fraction of sp³-hybridized carbons (Fsp3) is 0.314. The molecule has 5 rings (SSSR count). The Labute approximate surface area is 276 Å². The summed E-state index contributed by atoms with van der Waals surface area (Å²) in [6.45, 7) is 4.40. The van der Waals surface area contributed by atoms with E-state index in [1.165, 1.54) is 7.11 Å². The van der Waals surface area contributed by atoms with Crippen LogP contribution in [0.4, 0.5) is 40.7 Å². The van der Waals surface area contributed by atoms with Crippen LogP contribution in [-0.2, 0) is 35.1 Å². The molecule has 48 heavy (non-hydrogen) atoms. The third-order valence-electron chi connectivity index (χ3n) is 8.16. The Balaban J connectivity index is 1.23. The van der Waals surface area contributed by atoms with Crippen molar-refractivity contribution >= 4 is 34.9 Å². The Bertz CT molecular complexity index is 1760. The minimum absolute atomic E-state index is 0.0227. The molecular formula is C35H36F4N6O3. The summed E-state index contributed by atoms with van der Waals surface area (Å²) >= 11 is 0. The second-order valence-electron chi connectivity index (χ2n) is 11.8. The number of nitrogens with one attached hydrogen (secondary N) is 1. The number of benzene rings is 3. The predicted octanol–water partition coefficient (Wildman–Crippen LogP) is 6.03. The van der Waals surface area contributed by atoms with Gasteiger partial charge in [-0.1, -0.05) is 18.2 Å². The molecule has 1 aliphatic heterocycles. The number of esters is 1. The Kier molecular flexibility index (Phi) is 10.7. The zero-order chi connectivity index (χ0) is 34.4. The molecule has 0 aliphatic carbocycles. The molecule has 0 bridgehead atoms. The summed E-state index contributed by atoms with van der Waals surface area (Å²) in [6.07, 6.45) is -3.44. The first-order chi connectivity index (χ1) is 22.9. The standard InChI is InChI=1S/C35H36F4N6O3/c1-43-12-14-45(15-13-43)22-25-6-7-28(21-31(25)33(47)48-3)41-34-40-11-10-32(42-34)44(2)29-8-4-23(5-9-29)18-30(46)19-24-16-26(35(37,38)39)20-27(36)17-24/h4-11,16-17,20-21H,12-15,18-19,22H2,1-3H3,(H,40,41,42). The summed E-state index contributed by atoms with van der Waals surface area (Å²) in [5.74, 6) is -0.919. The van der Waals surface area contributed by atoms with Crippen molar-refractivity contribution in [3.05, 3.63) is 107 Å². The number of rotatable bonds is 11. The summed E-state index contributed by atoms with van der Waals surface area (Å²) in [5.41, 5.74) is 2.24. The zero-order valence-electron chi connectivity index (χ0n) is 26.9. The molecule has 0 amide bonds. The Morgan fingerprint density at radius 3 is 2.33 bits per heavy atom. The van der Waals surface area contributed by atoms with Gasteiger partial charge in [0, 0.05) is 70.2 Å². The average Bonchev–Trinajstić information content (AvgIpc) is 3.05. The van der Waals surface area contributed by atoms with Gasteiger partial charge in [-0.3, -0.25) is 9.69 Å². The summed E-state index contributed by atoms with van der Waals surface area (Å²) in [6, 6.07) is 16.5. The highest BCUT2D eigenvalue weighted by Crippen LogP contribution is 2.31. The molecule has 1 saturated heterocycles. The fourth-order valence-corrected chi connectivity index (χ4v) is 5.47. The molecule has 3 aromatic carbocycles. The van der Waals surface area contributed by atoms with E-state index in [1.54, 1.807) is 42.6 Å². The van der Waals surface area contributed by atoms with E-state index in [9.17, 15) is 27.2 Å². The average molecular weight is 665 g/mol. The maximum atomic E-state index is 13.7. The molecule has 0 radical (unpaired) electrons. The van der Waals surface area contributed by atoms with Gasteiger partial charge in [0.25, 0.3) is 0 Å². The molecule has 252 valence electrons. The quantitative estimate of drug-likeness (QED) is 0.152. The summed E-state index contributed by atoms with van der Waals surface area (Å²) < 4.78 is 57.9. The van der Waals surface area contributed by atoms with Gasteiger partial charge >= 0.3 is 12.1 Å². The number of alkyl halides is 3. The molecule has 13 heteroatoms. The lowest BCUT2D eigenvalue weighted by atomic mass is 10.0. The molecule has 1 aromatic heterocycles. The third kappa shape index (κ3) is 8.92. The number of ether oxygens (including phenoxy) is 1. The molecule has 0 spiro atoms. The zero-order valence-corrected chi connectivity index (χ0v) is 26.9. The van der Waals surface area contributed by atoms with Crippen LogP contribution in [0.3, 0.4) is 0 Å². The largest absolute Gasteiger partial charge is 0.465 e. The van der Waals surface area contributed by atoms with E-state index in [0.29, 0.717) is 41.2 Å². The number of carbonyl (C=O) groups is 2. The van der Waals surface area contributed by atoms with E-state index >= 15 is 0 Å². The van der Waals surface area contributed by atoms with Gasteiger partial charge in [-0.2, -0.15) is 18.2 Å². The minimum Gasteiger partial charge on any atom is -0.465 e. The molecule has 1 fully saturated rings. The van der Waals surface area contributed by atoms with Gasteiger partial charge in [-0.05, 0) is 72.3 Å². The van der Waals surface area contributed by atoms with Crippen LogP contribution in [0.5, 0.6) is 0 Å². The molecule has 0 saturated carbocycles. The first-order valence-corrected chi connectivity index (χ1v) is 15.3. The lowest BCUT2D eigenvalue weighted by Gasteiger charge is -2.32. The van der Waals surface area contributed by atoms with Crippen molar-refractivity contribution in [3.8, 4) is 0 Å². The number of halogens is 4. The van der Waals surface area contributed by atoms with E-state index in [2.05, 4.69) is 32.1 Å². The van der Waals surface area contributed by atoms with E-state index in [4.69, 9.17) is 4.74 Å². The normalized spacial score (nSPS) is 14.1. The Hall–Kier alpha value is -4.88. The first-order valence-electron chi connectivity index (χ1n) is 15.3. The number of nitrogens with zero attached hydrogens (tertiary/aromatic N) is 5. The van der Waals surface area contributed by atoms with Gasteiger partial charge in [0.15, 0.2) is 0 Å². The van der Waals surface area contributed by atoms with Crippen molar-refractivity contribution in [2.24, 2.45) is 0 Å². The third-order valence-corrected chi connectivity index (χ3v) is 8.16. The smallest absolute Gasteiger partial charge is 0.416 e. The molecule has 2 heterocycles. The van der Waals surface area contributed by atoms with Crippen LogP contribution in [0.1, 0.15) is 32.6 Å². The van der Waals surface area contributed by atoms with E-state index < -0.39 is 23.5 Å². The number of Topliss-reactive ketones (excluding diaryl/α,β-unsaturated/α-hetero) is 1. The van der Waals surface area contributed by atoms with Crippen LogP contribution in [0, 0.1) is 5.82 Å². The number of anilines is 4. The highest BCUT2D eigenvalue weighted by atomic mass is 19.4. The first kappa shape index (κ1) is 34.5. The lowest BCUT2D eigenvalue weighted by Crippen LogP contribution is -2.44. The van der Waals surface area contributed by atoms with Gasteiger partial charge in [0.2, 0.25) is 5.95 Å². The molecular weight excluding hydrogens is 628 g/mol. The second-order valence-corrected chi connectivity index (χ2v) is 11.8. The Morgan fingerprint density at radius 2 is 1.65 bits per heavy atom. The van der Waals surface area contributed by atoms with Crippen LogP contribution in [-0.4, -0.2) is 78.9 Å². The van der Waals surface area contributed by atoms with Crippen molar-refractivity contribution in [1.29, 1.82) is 0 Å². The topological polar surface area (TPSA) is 90.9 Å². The minimum atomic E-state index is -4.70. The van der Waals surface area contributed by atoms with Crippen LogP contribution in [0.15, 0.2) is 72.9 Å². The van der Waals surface area contributed by atoms with Crippen LogP contribution in [0.25, 0.3) is 0 Å². The van der Waals surface area contributed by atoms with Crippen molar-refractivity contribution in [3.63, 3.8) is 0 Å². The van der Waals surface area contributed by atoms with Crippen molar-refractivity contribution in [2.45, 2.75) is 25.6 Å². The number of hydrogen-bond acceptors (Lipinski definition) is 9. The number of methoxy groups -OCH3 is 1. The second kappa shape index (κ2) is 14.9. The monoisotopic (exact) mass is 664 g/mol.